The van der Waals surface area contributed by atoms with Crippen LogP contribution in [0.15, 0.2) is 36.4 Å². The quantitative estimate of drug-likeness (QED) is 0.647. The molecule has 0 bridgehead atoms. The van der Waals surface area contributed by atoms with E-state index in [0.717, 1.165) is 0 Å². The molecule has 1 unspecified atom stereocenters. The second kappa shape index (κ2) is 6.72. The minimum atomic E-state index is -1.06. The van der Waals surface area contributed by atoms with Gasteiger partial charge in [0.2, 0.25) is 0 Å². The zero-order valence-corrected chi connectivity index (χ0v) is 12.5. The zero-order valence-electron chi connectivity index (χ0n) is 11.7. The first kappa shape index (κ1) is 16.2. The summed E-state index contributed by atoms with van der Waals surface area (Å²) in [5, 5.41) is 23.9. The summed E-state index contributed by atoms with van der Waals surface area (Å²) in [4.78, 5) is 10.2. The van der Waals surface area contributed by atoms with E-state index in [-0.39, 0.29) is 22.8 Å². The Kier molecular flexibility index (Phi) is 4.95. The van der Waals surface area contributed by atoms with Crippen LogP contribution >= 0.6 is 11.6 Å². The summed E-state index contributed by atoms with van der Waals surface area (Å²) < 4.78 is 13.6. The van der Waals surface area contributed by atoms with Crippen molar-refractivity contribution >= 4 is 23.0 Å². The fourth-order valence-electron chi connectivity index (χ4n) is 2.11. The third kappa shape index (κ3) is 3.52. The SMILES string of the molecule is Cc1cc([N+](=O)[O-])cc(Cl)c1NCC(O)c1ccccc1F. The van der Waals surface area contributed by atoms with Crippen LogP contribution in [0.1, 0.15) is 17.2 Å². The molecule has 0 amide bonds. The smallest absolute Gasteiger partial charge is 0.271 e. The van der Waals surface area contributed by atoms with Gasteiger partial charge in [-0.3, -0.25) is 10.1 Å². The van der Waals surface area contributed by atoms with E-state index in [0.29, 0.717) is 11.3 Å². The van der Waals surface area contributed by atoms with Crippen LogP contribution in [0.4, 0.5) is 15.8 Å². The van der Waals surface area contributed by atoms with Crippen LogP contribution in [0.5, 0.6) is 0 Å². The molecule has 0 radical (unpaired) electrons. The molecule has 0 saturated heterocycles. The lowest BCUT2D eigenvalue weighted by Crippen LogP contribution is -2.14. The summed E-state index contributed by atoms with van der Waals surface area (Å²) in [7, 11) is 0. The van der Waals surface area contributed by atoms with Crippen molar-refractivity contribution < 1.29 is 14.4 Å². The molecule has 0 aromatic heterocycles. The molecule has 0 aliphatic rings. The number of nitrogens with zero attached hydrogens (tertiary/aromatic N) is 1. The Bertz CT molecular complexity index is 686. The molecule has 2 aromatic rings. The van der Waals surface area contributed by atoms with Crippen LogP contribution in [0.25, 0.3) is 0 Å². The predicted molar refractivity (Wildman–Crippen MR) is 82.7 cm³/mol. The Balaban J connectivity index is 2.15. The topological polar surface area (TPSA) is 75.4 Å². The van der Waals surface area contributed by atoms with Crippen molar-refractivity contribution in [2.75, 3.05) is 11.9 Å². The highest BCUT2D eigenvalue weighted by molar-refractivity contribution is 6.33. The van der Waals surface area contributed by atoms with Crippen molar-refractivity contribution in [1.82, 2.24) is 0 Å². The van der Waals surface area contributed by atoms with Crippen molar-refractivity contribution in [2.24, 2.45) is 0 Å². The highest BCUT2D eigenvalue weighted by Gasteiger charge is 2.16. The van der Waals surface area contributed by atoms with E-state index in [1.54, 1.807) is 13.0 Å². The average Bonchev–Trinajstić information content (AvgIpc) is 2.46. The molecule has 1 atom stereocenters. The van der Waals surface area contributed by atoms with Gasteiger partial charge in [0.15, 0.2) is 0 Å². The van der Waals surface area contributed by atoms with Crippen LogP contribution in [-0.2, 0) is 0 Å². The van der Waals surface area contributed by atoms with Gasteiger partial charge in [-0.1, -0.05) is 29.8 Å². The minimum Gasteiger partial charge on any atom is -0.386 e. The molecule has 116 valence electrons. The van der Waals surface area contributed by atoms with Crippen LogP contribution in [0.3, 0.4) is 0 Å². The second-order valence-electron chi connectivity index (χ2n) is 4.79. The maximum atomic E-state index is 13.6. The number of anilines is 1. The number of hydrogen-bond acceptors (Lipinski definition) is 4. The molecule has 22 heavy (non-hydrogen) atoms. The first-order valence-corrected chi connectivity index (χ1v) is 6.89. The molecule has 0 saturated carbocycles. The van der Waals surface area contributed by atoms with E-state index >= 15 is 0 Å². The molecule has 5 nitrogen and oxygen atoms in total. The summed E-state index contributed by atoms with van der Waals surface area (Å²) in [5.41, 5.74) is 1.11. The van der Waals surface area contributed by atoms with E-state index in [9.17, 15) is 19.6 Å². The number of aryl methyl sites for hydroxylation is 1. The summed E-state index contributed by atoms with van der Waals surface area (Å²) in [5.74, 6) is -0.497. The van der Waals surface area contributed by atoms with E-state index in [1.165, 1.54) is 30.3 Å². The lowest BCUT2D eigenvalue weighted by molar-refractivity contribution is -0.384. The van der Waals surface area contributed by atoms with Crippen molar-refractivity contribution in [1.29, 1.82) is 0 Å². The van der Waals surface area contributed by atoms with Crippen molar-refractivity contribution in [3.05, 3.63) is 68.5 Å². The van der Waals surface area contributed by atoms with E-state index in [2.05, 4.69) is 5.32 Å². The Labute approximate surface area is 131 Å². The zero-order chi connectivity index (χ0) is 16.3. The maximum Gasteiger partial charge on any atom is 0.271 e. The molecule has 0 spiro atoms. The van der Waals surface area contributed by atoms with E-state index < -0.39 is 16.8 Å². The Morgan fingerprint density at radius 2 is 2.09 bits per heavy atom. The molecule has 7 heteroatoms. The monoisotopic (exact) mass is 324 g/mol. The van der Waals surface area contributed by atoms with Crippen LogP contribution in [-0.4, -0.2) is 16.6 Å². The molecule has 2 rings (SSSR count). The number of rotatable bonds is 5. The Morgan fingerprint density at radius 1 is 1.41 bits per heavy atom. The first-order valence-electron chi connectivity index (χ1n) is 6.51. The van der Waals surface area contributed by atoms with Gasteiger partial charge in [0, 0.05) is 24.2 Å². The van der Waals surface area contributed by atoms with Gasteiger partial charge in [-0.2, -0.15) is 0 Å². The van der Waals surface area contributed by atoms with Gasteiger partial charge in [-0.05, 0) is 18.6 Å². The largest absolute Gasteiger partial charge is 0.386 e. The average molecular weight is 325 g/mol. The third-order valence-electron chi connectivity index (χ3n) is 3.22. The maximum absolute atomic E-state index is 13.6. The van der Waals surface area contributed by atoms with Gasteiger partial charge in [0.1, 0.15) is 5.82 Å². The molecule has 2 N–H and O–H groups in total. The number of non-ortho nitro benzene ring substituents is 1. The van der Waals surface area contributed by atoms with Gasteiger partial charge in [0.25, 0.3) is 5.69 Å². The standard InChI is InChI=1S/C15H14ClFN2O3/c1-9-6-10(19(21)22)7-12(16)15(9)18-8-14(20)11-4-2-3-5-13(11)17/h2-7,14,18,20H,8H2,1H3. The summed E-state index contributed by atoms with van der Waals surface area (Å²) >= 11 is 6.02. The van der Waals surface area contributed by atoms with E-state index in [1.807, 2.05) is 0 Å². The van der Waals surface area contributed by atoms with Crippen molar-refractivity contribution in [2.45, 2.75) is 13.0 Å². The minimum absolute atomic E-state index is 0.0271. The normalized spacial score (nSPS) is 12.0. The van der Waals surface area contributed by atoms with Crippen LogP contribution in [0, 0.1) is 22.9 Å². The molecule has 0 aliphatic carbocycles. The fourth-order valence-corrected chi connectivity index (χ4v) is 2.44. The number of nitro groups is 1. The molecule has 0 fully saturated rings. The highest BCUT2D eigenvalue weighted by atomic mass is 35.5. The van der Waals surface area contributed by atoms with E-state index in [4.69, 9.17) is 11.6 Å². The lowest BCUT2D eigenvalue weighted by atomic mass is 10.1. The summed E-state index contributed by atoms with van der Waals surface area (Å²) in [6.45, 7) is 1.69. The van der Waals surface area contributed by atoms with Crippen LogP contribution < -0.4 is 5.32 Å². The second-order valence-corrected chi connectivity index (χ2v) is 5.20. The first-order chi connectivity index (χ1) is 10.4. The van der Waals surface area contributed by atoms with Gasteiger partial charge in [0.05, 0.1) is 21.7 Å². The fraction of sp³-hybridized carbons (Fsp3) is 0.200. The molecule has 2 aromatic carbocycles. The number of halogens is 2. The molecule has 0 heterocycles. The van der Waals surface area contributed by atoms with Crippen LogP contribution in [0.2, 0.25) is 5.02 Å². The van der Waals surface area contributed by atoms with Gasteiger partial charge in [-0.15, -0.1) is 0 Å². The Morgan fingerprint density at radius 3 is 2.68 bits per heavy atom. The number of benzene rings is 2. The van der Waals surface area contributed by atoms with Gasteiger partial charge >= 0.3 is 0 Å². The lowest BCUT2D eigenvalue weighted by Gasteiger charge is -2.16. The predicted octanol–water partition coefficient (Wildman–Crippen LogP) is 3.84. The molecular formula is C15H14ClFN2O3. The third-order valence-corrected chi connectivity index (χ3v) is 3.52. The Hall–Kier alpha value is -2.18. The molecular weight excluding hydrogens is 311 g/mol. The number of nitro benzene ring substituents is 1. The summed E-state index contributed by atoms with van der Waals surface area (Å²) in [6.07, 6.45) is -1.06. The van der Waals surface area contributed by atoms with Crippen molar-refractivity contribution in [3.63, 3.8) is 0 Å². The van der Waals surface area contributed by atoms with Crippen molar-refractivity contribution in [3.8, 4) is 0 Å². The molecule has 0 aliphatic heterocycles. The van der Waals surface area contributed by atoms with Gasteiger partial charge in [-0.25, -0.2) is 4.39 Å². The highest BCUT2D eigenvalue weighted by Crippen LogP contribution is 2.31. The summed E-state index contributed by atoms with van der Waals surface area (Å²) in [6, 6.07) is 8.53. The number of aliphatic hydroxyl groups is 1. The number of hydrogen-bond donors (Lipinski definition) is 2. The number of aliphatic hydroxyl groups excluding tert-OH is 1. The van der Waals surface area contributed by atoms with Gasteiger partial charge < -0.3 is 10.4 Å². The number of nitrogens with one attached hydrogen (secondary N) is 1.